The maximum absolute atomic E-state index is 5.59. The first-order valence-corrected chi connectivity index (χ1v) is 6.51. The van der Waals surface area contributed by atoms with E-state index in [0.29, 0.717) is 0 Å². The lowest BCUT2D eigenvalue weighted by Crippen LogP contribution is -2.05. The maximum atomic E-state index is 5.59. The van der Waals surface area contributed by atoms with Gasteiger partial charge in [0, 0.05) is 18.1 Å². The van der Waals surface area contributed by atoms with Crippen LogP contribution in [0.25, 0.3) is 0 Å². The summed E-state index contributed by atoms with van der Waals surface area (Å²) in [7, 11) is 0. The van der Waals surface area contributed by atoms with Gasteiger partial charge in [0.25, 0.3) is 0 Å². The lowest BCUT2D eigenvalue weighted by Gasteiger charge is -2.10. The van der Waals surface area contributed by atoms with Crippen molar-refractivity contribution >= 4 is 16.5 Å². The van der Waals surface area contributed by atoms with Gasteiger partial charge in [0.05, 0.1) is 6.10 Å². The normalized spacial score (nSPS) is 10.5. The Morgan fingerprint density at radius 2 is 2.06 bits per heavy atom. The molecule has 0 saturated carbocycles. The third-order valence-corrected chi connectivity index (χ3v) is 2.90. The number of anilines is 1. The Labute approximate surface area is 105 Å². The second-order valence-electron chi connectivity index (χ2n) is 4.00. The van der Waals surface area contributed by atoms with E-state index in [-0.39, 0.29) is 6.10 Å². The first-order valence-electron chi connectivity index (χ1n) is 5.63. The lowest BCUT2D eigenvalue weighted by atomic mass is 10.2. The number of hydrogen-bond donors (Lipinski definition) is 1. The van der Waals surface area contributed by atoms with Crippen molar-refractivity contribution in [2.45, 2.75) is 26.5 Å². The van der Waals surface area contributed by atoms with E-state index in [0.717, 1.165) is 17.4 Å². The van der Waals surface area contributed by atoms with E-state index in [1.807, 2.05) is 31.4 Å². The highest BCUT2D eigenvalue weighted by Gasteiger charge is 1.99. The lowest BCUT2D eigenvalue weighted by molar-refractivity contribution is 0.242. The Morgan fingerprint density at radius 3 is 2.65 bits per heavy atom. The minimum Gasteiger partial charge on any atom is -0.491 e. The molecule has 90 valence electrons. The van der Waals surface area contributed by atoms with Crippen LogP contribution in [-0.4, -0.2) is 11.1 Å². The van der Waals surface area contributed by atoms with E-state index in [9.17, 15) is 0 Å². The van der Waals surface area contributed by atoms with Crippen molar-refractivity contribution in [1.29, 1.82) is 0 Å². The number of thiazole rings is 1. The summed E-state index contributed by atoms with van der Waals surface area (Å²) in [5.41, 5.74) is 1.22. The molecule has 1 N–H and O–H groups in total. The monoisotopic (exact) mass is 248 g/mol. The smallest absolute Gasteiger partial charge is 0.182 e. The van der Waals surface area contributed by atoms with Crippen molar-refractivity contribution in [2.75, 3.05) is 5.32 Å². The topological polar surface area (TPSA) is 34.1 Å². The molecule has 0 bridgehead atoms. The number of ether oxygens (including phenoxy) is 1. The van der Waals surface area contributed by atoms with E-state index < -0.39 is 0 Å². The van der Waals surface area contributed by atoms with Crippen LogP contribution in [-0.2, 0) is 6.54 Å². The average Bonchev–Trinajstić information content (AvgIpc) is 2.80. The Bertz CT molecular complexity index is 437. The Balaban J connectivity index is 1.89. The third kappa shape index (κ3) is 3.75. The van der Waals surface area contributed by atoms with Gasteiger partial charge in [-0.25, -0.2) is 4.98 Å². The zero-order chi connectivity index (χ0) is 12.1. The van der Waals surface area contributed by atoms with Gasteiger partial charge in [0.2, 0.25) is 0 Å². The molecule has 1 heterocycles. The number of rotatable bonds is 5. The second kappa shape index (κ2) is 5.68. The zero-order valence-electron chi connectivity index (χ0n) is 10.0. The van der Waals surface area contributed by atoms with Crippen molar-refractivity contribution in [3.8, 4) is 5.75 Å². The summed E-state index contributed by atoms with van der Waals surface area (Å²) >= 11 is 1.61. The first-order chi connectivity index (χ1) is 8.24. The fraction of sp³-hybridized carbons (Fsp3) is 0.308. The molecule has 17 heavy (non-hydrogen) atoms. The third-order valence-electron chi connectivity index (χ3n) is 2.17. The van der Waals surface area contributed by atoms with Crippen molar-refractivity contribution in [1.82, 2.24) is 4.98 Å². The molecular weight excluding hydrogens is 232 g/mol. The summed E-state index contributed by atoms with van der Waals surface area (Å²) in [6.45, 7) is 4.84. The van der Waals surface area contributed by atoms with Gasteiger partial charge in [-0.05, 0) is 31.5 Å². The number of aromatic nitrogens is 1. The molecule has 0 fully saturated rings. The first kappa shape index (κ1) is 11.9. The summed E-state index contributed by atoms with van der Waals surface area (Å²) in [5, 5.41) is 6.18. The molecule has 2 rings (SSSR count). The predicted molar refractivity (Wildman–Crippen MR) is 71.6 cm³/mol. The average molecular weight is 248 g/mol. The molecule has 0 unspecified atom stereocenters. The highest BCUT2D eigenvalue weighted by Crippen LogP contribution is 2.16. The molecule has 4 heteroatoms. The highest BCUT2D eigenvalue weighted by molar-refractivity contribution is 7.13. The van der Waals surface area contributed by atoms with Crippen molar-refractivity contribution < 1.29 is 4.74 Å². The number of nitrogens with zero attached hydrogens (tertiary/aromatic N) is 1. The molecule has 0 amide bonds. The van der Waals surface area contributed by atoms with Crippen LogP contribution >= 0.6 is 11.3 Å². The molecule has 0 aliphatic carbocycles. The largest absolute Gasteiger partial charge is 0.491 e. The molecule has 0 aliphatic rings. The van der Waals surface area contributed by atoms with E-state index in [1.54, 1.807) is 17.5 Å². The van der Waals surface area contributed by atoms with E-state index >= 15 is 0 Å². The van der Waals surface area contributed by atoms with Gasteiger partial charge < -0.3 is 10.1 Å². The van der Waals surface area contributed by atoms with Gasteiger partial charge in [-0.3, -0.25) is 0 Å². The molecular formula is C13H16N2OS. The Hall–Kier alpha value is -1.55. The molecule has 0 spiro atoms. The van der Waals surface area contributed by atoms with Crippen LogP contribution in [0.3, 0.4) is 0 Å². The summed E-state index contributed by atoms with van der Waals surface area (Å²) in [6.07, 6.45) is 2.02. The van der Waals surface area contributed by atoms with Crippen LogP contribution in [0.5, 0.6) is 5.75 Å². The molecule has 0 saturated heterocycles. The summed E-state index contributed by atoms with van der Waals surface area (Å²) in [6, 6.07) is 8.13. The molecule has 0 radical (unpaired) electrons. The molecule has 2 aromatic rings. The Morgan fingerprint density at radius 1 is 1.29 bits per heavy atom. The van der Waals surface area contributed by atoms with Crippen LogP contribution in [0.15, 0.2) is 35.8 Å². The zero-order valence-corrected chi connectivity index (χ0v) is 10.8. The molecule has 0 aliphatic heterocycles. The van der Waals surface area contributed by atoms with Crippen LogP contribution < -0.4 is 10.1 Å². The fourth-order valence-corrected chi connectivity index (χ4v) is 1.97. The molecule has 1 aromatic heterocycles. The van der Waals surface area contributed by atoms with E-state index in [1.165, 1.54) is 5.56 Å². The standard InChI is InChI=1S/C13H16N2OS/c1-10(2)16-12-5-3-11(4-6-12)9-15-13-14-7-8-17-13/h3-8,10H,9H2,1-2H3,(H,14,15). The van der Waals surface area contributed by atoms with Gasteiger partial charge in [-0.15, -0.1) is 11.3 Å². The van der Waals surface area contributed by atoms with Gasteiger partial charge >= 0.3 is 0 Å². The minimum absolute atomic E-state index is 0.217. The van der Waals surface area contributed by atoms with Gasteiger partial charge in [-0.1, -0.05) is 12.1 Å². The quantitative estimate of drug-likeness (QED) is 0.878. The molecule has 0 atom stereocenters. The predicted octanol–water partition coefficient (Wildman–Crippen LogP) is 3.54. The van der Waals surface area contributed by atoms with Crippen LogP contribution in [0.1, 0.15) is 19.4 Å². The number of benzene rings is 1. The Kier molecular flexibility index (Phi) is 3.98. The van der Waals surface area contributed by atoms with Gasteiger partial charge in [-0.2, -0.15) is 0 Å². The van der Waals surface area contributed by atoms with Crippen molar-refractivity contribution in [3.05, 3.63) is 41.4 Å². The number of nitrogens with one attached hydrogen (secondary N) is 1. The molecule has 3 nitrogen and oxygen atoms in total. The summed E-state index contributed by atoms with van der Waals surface area (Å²) in [4.78, 5) is 4.17. The van der Waals surface area contributed by atoms with Crippen LogP contribution in [0.4, 0.5) is 5.13 Å². The van der Waals surface area contributed by atoms with Gasteiger partial charge in [0.15, 0.2) is 5.13 Å². The van der Waals surface area contributed by atoms with Gasteiger partial charge in [0.1, 0.15) is 5.75 Å². The molecule has 1 aromatic carbocycles. The van der Waals surface area contributed by atoms with E-state index in [2.05, 4.69) is 22.4 Å². The second-order valence-corrected chi connectivity index (χ2v) is 4.90. The highest BCUT2D eigenvalue weighted by atomic mass is 32.1. The maximum Gasteiger partial charge on any atom is 0.182 e. The summed E-state index contributed by atoms with van der Waals surface area (Å²) < 4.78 is 5.59. The van der Waals surface area contributed by atoms with E-state index in [4.69, 9.17) is 4.74 Å². The van der Waals surface area contributed by atoms with Crippen molar-refractivity contribution in [3.63, 3.8) is 0 Å². The minimum atomic E-state index is 0.217. The number of hydrogen-bond acceptors (Lipinski definition) is 4. The summed E-state index contributed by atoms with van der Waals surface area (Å²) in [5.74, 6) is 0.915. The van der Waals surface area contributed by atoms with Crippen LogP contribution in [0, 0.1) is 0 Å². The van der Waals surface area contributed by atoms with Crippen LogP contribution in [0.2, 0.25) is 0 Å². The fourth-order valence-electron chi connectivity index (χ4n) is 1.45. The SMILES string of the molecule is CC(C)Oc1ccc(CNc2nccs2)cc1. The van der Waals surface area contributed by atoms with Crippen molar-refractivity contribution in [2.24, 2.45) is 0 Å².